The molecule has 0 bridgehead atoms. The van der Waals surface area contributed by atoms with E-state index >= 15 is 0 Å². The maximum Gasteiger partial charge on any atom is 0.308 e. The van der Waals surface area contributed by atoms with Crippen molar-refractivity contribution in [1.29, 1.82) is 0 Å². The van der Waals surface area contributed by atoms with Crippen molar-refractivity contribution in [2.24, 2.45) is 0 Å². The lowest BCUT2D eigenvalue weighted by Crippen LogP contribution is -2.10. The van der Waals surface area contributed by atoms with Crippen LogP contribution in [0.5, 0.6) is 11.5 Å². The first kappa shape index (κ1) is 14.7. The summed E-state index contributed by atoms with van der Waals surface area (Å²) in [6, 6.07) is 2.94. The van der Waals surface area contributed by atoms with Gasteiger partial charge < -0.3 is 14.6 Å². The van der Waals surface area contributed by atoms with Crippen molar-refractivity contribution in [2.45, 2.75) is 27.2 Å². The second-order valence-corrected chi connectivity index (χ2v) is 4.00. The molecule has 1 aromatic rings. The molecule has 1 rings (SSSR count). The molecule has 0 heterocycles. The third-order valence-electron chi connectivity index (χ3n) is 2.16. The molecule has 0 spiro atoms. The Hall–Kier alpha value is -2.37. The SMILES string of the molecule is CC(=O)Oc1cc(CC(=O)O)cc(C)c1OC(C)=O. The molecular weight excluding hydrogens is 252 g/mol. The van der Waals surface area contributed by atoms with E-state index in [2.05, 4.69) is 0 Å². The summed E-state index contributed by atoms with van der Waals surface area (Å²) in [5.41, 5.74) is 0.974. The highest BCUT2D eigenvalue weighted by molar-refractivity contribution is 5.76. The van der Waals surface area contributed by atoms with Gasteiger partial charge >= 0.3 is 17.9 Å². The van der Waals surface area contributed by atoms with Crippen molar-refractivity contribution in [3.63, 3.8) is 0 Å². The first-order valence-electron chi connectivity index (χ1n) is 5.51. The number of aliphatic carboxylic acids is 1. The fourth-order valence-electron chi connectivity index (χ4n) is 1.60. The highest BCUT2D eigenvalue weighted by Crippen LogP contribution is 2.33. The molecule has 0 radical (unpaired) electrons. The summed E-state index contributed by atoms with van der Waals surface area (Å²) < 4.78 is 9.91. The Morgan fingerprint density at radius 1 is 1.11 bits per heavy atom. The highest BCUT2D eigenvalue weighted by Gasteiger charge is 2.16. The Balaban J connectivity index is 3.24. The van der Waals surface area contributed by atoms with Crippen LogP contribution in [-0.2, 0) is 20.8 Å². The highest BCUT2D eigenvalue weighted by atomic mass is 16.6. The van der Waals surface area contributed by atoms with Gasteiger partial charge in [-0.3, -0.25) is 14.4 Å². The van der Waals surface area contributed by atoms with Crippen LogP contribution in [0.3, 0.4) is 0 Å². The van der Waals surface area contributed by atoms with Gasteiger partial charge in [0.05, 0.1) is 6.42 Å². The van der Waals surface area contributed by atoms with Crippen LogP contribution in [0.2, 0.25) is 0 Å². The number of carbonyl (C=O) groups is 3. The summed E-state index contributed by atoms with van der Waals surface area (Å²) in [5, 5.41) is 8.75. The van der Waals surface area contributed by atoms with E-state index in [0.29, 0.717) is 11.1 Å². The molecule has 19 heavy (non-hydrogen) atoms. The van der Waals surface area contributed by atoms with Gasteiger partial charge in [0.2, 0.25) is 0 Å². The monoisotopic (exact) mass is 266 g/mol. The van der Waals surface area contributed by atoms with Crippen molar-refractivity contribution >= 4 is 17.9 Å². The predicted octanol–water partition coefficient (Wildman–Crippen LogP) is 1.47. The molecule has 0 aromatic heterocycles. The zero-order chi connectivity index (χ0) is 14.6. The van der Waals surface area contributed by atoms with Gasteiger partial charge in [-0.1, -0.05) is 6.07 Å². The average molecular weight is 266 g/mol. The van der Waals surface area contributed by atoms with E-state index in [1.807, 2.05) is 0 Å². The minimum absolute atomic E-state index is 0.0407. The van der Waals surface area contributed by atoms with Crippen LogP contribution in [0.1, 0.15) is 25.0 Å². The Bertz CT molecular complexity index is 532. The third-order valence-corrected chi connectivity index (χ3v) is 2.16. The Morgan fingerprint density at radius 2 is 1.68 bits per heavy atom. The minimum Gasteiger partial charge on any atom is -0.481 e. The quantitative estimate of drug-likeness (QED) is 0.655. The first-order valence-corrected chi connectivity index (χ1v) is 5.51. The molecule has 6 nitrogen and oxygen atoms in total. The molecule has 0 atom stereocenters. The number of hydrogen-bond acceptors (Lipinski definition) is 5. The standard InChI is InChI=1S/C13H14O6/c1-7-4-10(6-12(16)17)5-11(18-8(2)14)13(7)19-9(3)15/h4-5H,6H2,1-3H3,(H,16,17). The van der Waals surface area contributed by atoms with Crippen molar-refractivity contribution < 1.29 is 29.0 Å². The number of benzene rings is 1. The molecule has 1 aromatic carbocycles. The van der Waals surface area contributed by atoms with Gasteiger partial charge in [-0.2, -0.15) is 0 Å². The molecule has 0 amide bonds. The van der Waals surface area contributed by atoms with Crippen LogP contribution < -0.4 is 9.47 Å². The lowest BCUT2D eigenvalue weighted by Gasteiger charge is -2.13. The van der Waals surface area contributed by atoms with E-state index in [1.165, 1.54) is 19.9 Å². The molecule has 0 saturated carbocycles. The van der Waals surface area contributed by atoms with Crippen LogP contribution in [0.15, 0.2) is 12.1 Å². The molecule has 0 aliphatic heterocycles. The molecule has 0 aliphatic rings. The van der Waals surface area contributed by atoms with Crippen LogP contribution in [0, 0.1) is 6.92 Å². The molecule has 0 fully saturated rings. The minimum atomic E-state index is -1.01. The van der Waals surface area contributed by atoms with Crippen molar-refractivity contribution in [3.05, 3.63) is 23.3 Å². The second kappa shape index (κ2) is 5.99. The average Bonchev–Trinajstić information content (AvgIpc) is 2.21. The van der Waals surface area contributed by atoms with E-state index in [0.717, 1.165) is 0 Å². The lowest BCUT2D eigenvalue weighted by molar-refractivity contribution is -0.136. The number of aryl methyl sites for hydroxylation is 1. The molecule has 0 unspecified atom stereocenters. The summed E-state index contributed by atoms with van der Waals surface area (Å²) in [6.07, 6.45) is -0.213. The molecule has 6 heteroatoms. The molecule has 1 N–H and O–H groups in total. The number of carbonyl (C=O) groups excluding carboxylic acids is 2. The molecular formula is C13H14O6. The first-order chi connectivity index (χ1) is 8.79. The van der Waals surface area contributed by atoms with E-state index in [4.69, 9.17) is 14.6 Å². The van der Waals surface area contributed by atoms with Crippen LogP contribution in [-0.4, -0.2) is 23.0 Å². The smallest absolute Gasteiger partial charge is 0.308 e. The number of ether oxygens (including phenoxy) is 2. The summed E-state index contributed by atoms with van der Waals surface area (Å²) in [7, 11) is 0. The third kappa shape index (κ3) is 4.42. The molecule has 102 valence electrons. The second-order valence-electron chi connectivity index (χ2n) is 4.00. The van der Waals surface area contributed by atoms with Gasteiger partial charge in [0.1, 0.15) is 0 Å². The van der Waals surface area contributed by atoms with E-state index < -0.39 is 17.9 Å². The van der Waals surface area contributed by atoms with Crippen molar-refractivity contribution in [3.8, 4) is 11.5 Å². The molecule has 0 saturated heterocycles. The Kier molecular flexibility index (Phi) is 4.63. The summed E-state index contributed by atoms with van der Waals surface area (Å²) in [6.45, 7) is 4.06. The van der Waals surface area contributed by atoms with E-state index in [-0.39, 0.29) is 17.9 Å². The number of rotatable bonds is 4. The van der Waals surface area contributed by atoms with E-state index in [9.17, 15) is 14.4 Å². The Morgan fingerprint density at radius 3 is 2.16 bits per heavy atom. The maximum atomic E-state index is 11.0. The number of esters is 2. The van der Waals surface area contributed by atoms with Gasteiger partial charge in [-0.05, 0) is 24.1 Å². The van der Waals surface area contributed by atoms with Gasteiger partial charge in [0.15, 0.2) is 11.5 Å². The summed E-state index contributed by atoms with van der Waals surface area (Å²) in [4.78, 5) is 32.7. The predicted molar refractivity (Wildman–Crippen MR) is 65.1 cm³/mol. The van der Waals surface area contributed by atoms with Gasteiger partial charge in [0.25, 0.3) is 0 Å². The zero-order valence-electron chi connectivity index (χ0n) is 10.9. The largest absolute Gasteiger partial charge is 0.481 e. The summed E-state index contributed by atoms with van der Waals surface area (Å²) >= 11 is 0. The number of hydrogen-bond donors (Lipinski definition) is 1. The van der Waals surface area contributed by atoms with Gasteiger partial charge in [0, 0.05) is 13.8 Å². The fourth-order valence-corrected chi connectivity index (χ4v) is 1.60. The maximum absolute atomic E-state index is 11.0. The van der Waals surface area contributed by atoms with Crippen molar-refractivity contribution in [2.75, 3.05) is 0 Å². The van der Waals surface area contributed by atoms with Gasteiger partial charge in [-0.25, -0.2) is 0 Å². The van der Waals surface area contributed by atoms with E-state index in [1.54, 1.807) is 13.0 Å². The van der Waals surface area contributed by atoms with Crippen LogP contribution in [0.25, 0.3) is 0 Å². The zero-order valence-corrected chi connectivity index (χ0v) is 10.9. The Labute approximate surface area is 109 Å². The topological polar surface area (TPSA) is 89.9 Å². The normalized spacial score (nSPS) is 9.84. The van der Waals surface area contributed by atoms with Crippen molar-refractivity contribution in [1.82, 2.24) is 0 Å². The van der Waals surface area contributed by atoms with Crippen LogP contribution in [0.4, 0.5) is 0 Å². The molecule has 0 aliphatic carbocycles. The van der Waals surface area contributed by atoms with Crippen LogP contribution >= 0.6 is 0 Å². The summed E-state index contributed by atoms with van der Waals surface area (Å²) in [5.74, 6) is -1.98. The number of carboxylic acid groups (broad SMARTS) is 1. The fraction of sp³-hybridized carbons (Fsp3) is 0.308. The number of carboxylic acids is 1. The van der Waals surface area contributed by atoms with Gasteiger partial charge in [-0.15, -0.1) is 0 Å². The lowest BCUT2D eigenvalue weighted by atomic mass is 10.1.